The fraction of sp³-hybridized carbons (Fsp3) is 0.500. The number of morpholine rings is 1. The Morgan fingerprint density at radius 3 is 2.74 bits per heavy atom. The fourth-order valence-electron chi connectivity index (χ4n) is 2.83. The van der Waals surface area contributed by atoms with E-state index in [1.807, 2.05) is 32.9 Å². The van der Waals surface area contributed by atoms with E-state index < -0.39 is 11.5 Å². The molecule has 1 saturated heterocycles. The highest BCUT2D eigenvalue weighted by Gasteiger charge is 2.34. The van der Waals surface area contributed by atoms with Gasteiger partial charge in [-0.2, -0.15) is 5.10 Å². The maximum atomic E-state index is 12.7. The molecule has 1 aliphatic heterocycles. The third-order valence-corrected chi connectivity index (χ3v) is 5.50. The van der Waals surface area contributed by atoms with Gasteiger partial charge in [-0.25, -0.2) is 0 Å². The molecule has 1 fully saturated rings. The summed E-state index contributed by atoms with van der Waals surface area (Å²) in [5, 5.41) is 7.26. The van der Waals surface area contributed by atoms with Gasteiger partial charge in [0.2, 0.25) is 5.91 Å². The van der Waals surface area contributed by atoms with Crippen molar-refractivity contribution in [2.45, 2.75) is 26.9 Å². The van der Waals surface area contributed by atoms with Crippen molar-refractivity contribution in [2.24, 2.45) is 12.5 Å². The highest BCUT2D eigenvalue weighted by molar-refractivity contribution is 7.19. The zero-order chi connectivity index (χ0) is 19.8. The second-order valence-corrected chi connectivity index (χ2v) is 9.21. The van der Waals surface area contributed by atoms with Gasteiger partial charge in [0.05, 0.1) is 22.4 Å². The van der Waals surface area contributed by atoms with Gasteiger partial charge in [-0.15, -0.1) is 11.3 Å². The average molecular weight is 411 g/mol. The third-order valence-electron chi connectivity index (χ3n) is 4.24. The Hall–Kier alpha value is -1.90. The predicted molar refractivity (Wildman–Crippen MR) is 106 cm³/mol. The summed E-state index contributed by atoms with van der Waals surface area (Å²) in [7, 11) is 1.76. The summed E-state index contributed by atoms with van der Waals surface area (Å²) < 4.78 is 7.87. The molecule has 1 atom stereocenters. The average Bonchev–Trinajstić information content (AvgIpc) is 3.19. The molecule has 9 heteroatoms. The summed E-state index contributed by atoms with van der Waals surface area (Å²) in [6.07, 6.45) is -0.709. The molecule has 1 aliphatic rings. The zero-order valence-corrected chi connectivity index (χ0v) is 17.4. The van der Waals surface area contributed by atoms with Crippen LogP contribution in [0.3, 0.4) is 0 Å². The quantitative estimate of drug-likeness (QED) is 0.843. The van der Waals surface area contributed by atoms with Gasteiger partial charge in [0.1, 0.15) is 11.5 Å². The van der Waals surface area contributed by atoms with E-state index in [-0.39, 0.29) is 18.4 Å². The Bertz CT molecular complexity index is 855. The minimum absolute atomic E-state index is 0.0148. The van der Waals surface area contributed by atoms with E-state index in [0.29, 0.717) is 23.3 Å². The molecule has 0 bridgehead atoms. The molecule has 7 nitrogen and oxygen atoms in total. The van der Waals surface area contributed by atoms with Crippen LogP contribution in [0.5, 0.6) is 0 Å². The van der Waals surface area contributed by atoms with Gasteiger partial charge in [0.15, 0.2) is 6.10 Å². The summed E-state index contributed by atoms with van der Waals surface area (Å²) >= 11 is 7.40. The maximum absolute atomic E-state index is 12.7. The summed E-state index contributed by atoms with van der Waals surface area (Å²) in [6.45, 7) is 6.68. The van der Waals surface area contributed by atoms with Crippen LogP contribution in [0, 0.1) is 5.41 Å². The number of aromatic nitrogens is 2. The Kier molecular flexibility index (Phi) is 5.60. The molecule has 3 heterocycles. The number of nitrogens with one attached hydrogen (secondary N) is 1. The number of ether oxygens (including phenoxy) is 1. The molecule has 2 aromatic heterocycles. The van der Waals surface area contributed by atoms with E-state index >= 15 is 0 Å². The molecule has 1 unspecified atom stereocenters. The third kappa shape index (κ3) is 4.51. The van der Waals surface area contributed by atoms with Crippen molar-refractivity contribution >= 4 is 40.6 Å². The second kappa shape index (κ2) is 7.61. The molecule has 0 aromatic carbocycles. The van der Waals surface area contributed by atoms with Crippen molar-refractivity contribution in [1.29, 1.82) is 0 Å². The van der Waals surface area contributed by atoms with Gasteiger partial charge in [-0.1, -0.05) is 32.4 Å². The molecular formula is C18H23ClN4O3S. The molecule has 3 rings (SSSR count). The molecule has 0 aliphatic carbocycles. The lowest BCUT2D eigenvalue weighted by molar-refractivity contribution is -0.150. The Morgan fingerprint density at radius 1 is 1.37 bits per heavy atom. The van der Waals surface area contributed by atoms with E-state index in [9.17, 15) is 9.59 Å². The zero-order valence-electron chi connectivity index (χ0n) is 15.8. The van der Waals surface area contributed by atoms with Crippen LogP contribution in [0.25, 0.3) is 10.6 Å². The van der Waals surface area contributed by atoms with Gasteiger partial charge < -0.3 is 15.0 Å². The van der Waals surface area contributed by atoms with Gasteiger partial charge in [-0.3, -0.25) is 14.3 Å². The number of amides is 2. The van der Waals surface area contributed by atoms with Crippen LogP contribution < -0.4 is 5.32 Å². The largest absolute Gasteiger partial charge is 0.365 e. The number of halogens is 1. The molecule has 0 saturated carbocycles. The van der Waals surface area contributed by atoms with Crippen molar-refractivity contribution in [3.8, 4) is 10.6 Å². The lowest BCUT2D eigenvalue weighted by Crippen LogP contribution is -2.52. The smallest absolute Gasteiger partial charge is 0.256 e. The number of thiophene rings is 1. The normalized spacial score (nSPS) is 17.8. The first-order valence-corrected chi connectivity index (χ1v) is 9.86. The number of rotatable bonds is 3. The monoisotopic (exact) mass is 410 g/mol. The number of carbonyl (C=O) groups is 2. The Morgan fingerprint density at radius 2 is 2.11 bits per heavy atom. The maximum Gasteiger partial charge on any atom is 0.256 e. The van der Waals surface area contributed by atoms with E-state index in [4.69, 9.17) is 16.3 Å². The minimum atomic E-state index is -0.709. The fourth-order valence-corrected chi connectivity index (χ4v) is 3.83. The van der Waals surface area contributed by atoms with Crippen LogP contribution in [0.15, 0.2) is 18.2 Å². The van der Waals surface area contributed by atoms with E-state index in [0.717, 1.165) is 10.6 Å². The van der Waals surface area contributed by atoms with Crippen LogP contribution in [0.2, 0.25) is 4.34 Å². The highest BCUT2D eigenvalue weighted by atomic mass is 35.5. The molecule has 2 amide bonds. The van der Waals surface area contributed by atoms with Crippen LogP contribution >= 0.6 is 22.9 Å². The van der Waals surface area contributed by atoms with Gasteiger partial charge in [0.25, 0.3) is 5.91 Å². The number of nitrogens with zero attached hydrogens (tertiary/aromatic N) is 3. The molecule has 27 heavy (non-hydrogen) atoms. The van der Waals surface area contributed by atoms with Crippen LogP contribution in [-0.4, -0.2) is 52.3 Å². The Balaban J connectivity index is 1.68. The van der Waals surface area contributed by atoms with E-state index in [1.54, 1.807) is 22.7 Å². The summed E-state index contributed by atoms with van der Waals surface area (Å²) in [6, 6.07) is 5.49. The van der Waals surface area contributed by atoms with E-state index in [2.05, 4.69) is 10.4 Å². The van der Waals surface area contributed by atoms with Gasteiger partial charge >= 0.3 is 0 Å². The second-order valence-electron chi connectivity index (χ2n) is 7.49. The number of hydrogen-bond donors (Lipinski definition) is 1. The van der Waals surface area contributed by atoms with Crippen molar-refractivity contribution < 1.29 is 14.3 Å². The molecule has 0 radical (unpaired) electrons. The summed E-state index contributed by atoms with van der Waals surface area (Å²) in [5.41, 5.74) is 0.246. The van der Waals surface area contributed by atoms with Gasteiger partial charge in [-0.05, 0) is 12.1 Å². The minimum Gasteiger partial charge on any atom is -0.365 e. The Labute approximate surface area is 167 Å². The number of carbonyl (C=O) groups excluding carboxylic acids is 2. The molecule has 0 spiro atoms. The number of hydrogen-bond acceptors (Lipinski definition) is 5. The summed E-state index contributed by atoms with van der Waals surface area (Å²) in [4.78, 5) is 27.7. The lowest BCUT2D eigenvalue weighted by atomic mass is 9.94. The van der Waals surface area contributed by atoms with Crippen molar-refractivity contribution in [2.75, 3.05) is 25.0 Å². The first-order valence-electron chi connectivity index (χ1n) is 8.67. The topological polar surface area (TPSA) is 76.5 Å². The molecule has 1 N–H and O–H groups in total. The van der Waals surface area contributed by atoms with Crippen LogP contribution in [0.1, 0.15) is 20.8 Å². The SMILES string of the molecule is Cn1nc(-c2ccc(Cl)s2)cc1NC(=O)C1CN(C(=O)C(C)(C)C)CCO1. The number of anilines is 1. The number of aryl methyl sites for hydroxylation is 1. The van der Waals surface area contributed by atoms with Crippen molar-refractivity contribution in [1.82, 2.24) is 14.7 Å². The molecular weight excluding hydrogens is 388 g/mol. The first-order chi connectivity index (χ1) is 12.6. The van der Waals surface area contributed by atoms with Crippen molar-refractivity contribution in [3.05, 3.63) is 22.5 Å². The lowest BCUT2D eigenvalue weighted by Gasteiger charge is -2.35. The van der Waals surface area contributed by atoms with Crippen LogP contribution in [-0.2, 0) is 21.4 Å². The van der Waals surface area contributed by atoms with Gasteiger partial charge in [0, 0.05) is 25.1 Å². The highest BCUT2D eigenvalue weighted by Crippen LogP contribution is 2.31. The molecule has 2 aromatic rings. The predicted octanol–water partition coefficient (Wildman–Crippen LogP) is 3.01. The standard InChI is InChI=1S/C18H23ClN4O3S/c1-18(2,3)17(25)23-7-8-26-12(10-23)16(24)20-15-9-11(21-22(15)4)13-5-6-14(19)27-13/h5-6,9,12H,7-8,10H2,1-4H3,(H,20,24). The molecule has 146 valence electrons. The van der Waals surface area contributed by atoms with Crippen molar-refractivity contribution in [3.63, 3.8) is 0 Å². The first kappa shape index (κ1) is 19.9. The van der Waals surface area contributed by atoms with Crippen LogP contribution in [0.4, 0.5) is 5.82 Å². The summed E-state index contributed by atoms with van der Waals surface area (Å²) in [5.74, 6) is 0.281. The van der Waals surface area contributed by atoms with E-state index in [1.165, 1.54) is 11.3 Å².